The first-order valence-electron chi connectivity index (χ1n) is 7.54. The summed E-state index contributed by atoms with van der Waals surface area (Å²) >= 11 is 3.54. The Morgan fingerprint density at radius 1 is 1.30 bits per heavy atom. The normalized spacial score (nSPS) is 27.9. The van der Waals surface area contributed by atoms with Gasteiger partial charge in [-0.05, 0) is 68.0 Å². The Hall–Kier alpha value is -0.450. The van der Waals surface area contributed by atoms with Gasteiger partial charge < -0.3 is 5.32 Å². The summed E-state index contributed by atoms with van der Waals surface area (Å²) in [6.45, 7) is 5.43. The highest BCUT2D eigenvalue weighted by atomic mass is 79.9. The minimum Gasteiger partial charge on any atom is -0.316 e. The van der Waals surface area contributed by atoms with Crippen molar-refractivity contribution < 1.29 is 4.39 Å². The summed E-state index contributed by atoms with van der Waals surface area (Å²) in [7, 11) is 0. The van der Waals surface area contributed by atoms with Crippen LogP contribution in [0.25, 0.3) is 0 Å². The van der Waals surface area contributed by atoms with Gasteiger partial charge in [-0.2, -0.15) is 0 Å². The summed E-state index contributed by atoms with van der Waals surface area (Å²) in [4.78, 5) is 2.50. The van der Waals surface area contributed by atoms with Crippen LogP contribution in [0.15, 0.2) is 22.7 Å². The van der Waals surface area contributed by atoms with Crippen molar-refractivity contribution in [1.29, 1.82) is 0 Å². The average molecular weight is 341 g/mol. The van der Waals surface area contributed by atoms with E-state index in [-0.39, 0.29) is 5.82 Å². The lowest BCUT2D eigenvalue weighted by molar-refractivity contribution is 0.0599. The van der Waals surface area contributed by atoms with E-state index in [2.05, 4.69) is 26.1 Å². The number of nitrogens with zero attached hydrogens (tertiary/aromatic N) is 1. The molecule has 20 heavy (non-hydrogen) atoms. The fraction of sp³-hybridized carbons (Fsp3) is 0.625. The molecule has 4 heteroatoms. The summed E-state index contributed by atoms with van der Waals surface area (Å²) in [6, 6.07) is 4.98. The fourth-order valence-corrected chi connectivity index (χ4v) is 4.10. The highest BCUT2D eigenvalue weighted by molar-refractivity contribution is 9.10. The van der Waals surface area contributed by atoms with Crippen molar-refractivity contribution >= 4 is 15.9 Å². The predicted octanol–water partition coefficient (Wildman–Crippen LogP) is 3.55. The minimum atomic E-state index is -0.144. The second kappa shape index (κ2) is 6.12. The third-order valence-corrected chi connectivity index (χ3v) is 5.48. The van der Waals surface area contributed by atoms with Crippen LogP contribution in [0.2, 0.25) is 0 Å². The summed E-state index contributed by atoms with van der Waals surface area (Å²) < 4.78 is 14.4. The summed E-state index contributed by atoms with van der Waals surface area (Å²) in [5, 5.41) is 3.55. The molecule has 3 rings (SSSR count). The Balaban J connectivity index is 1.69. The minimum absolute atomic E-state index is 0.144. The Labute approximate surface area is 128 Å². The topological polar surface area (TPSA) is 15.3 Å². The third kappa shape index (κ3) is 3.23. The zero-order valence-electron chi connectivity index (χ0n) is 11.8. The third-order valence-electron chi connectivity index (χ3n) is 4.70. The van der Waals surface area contributed by atoms with E-state index in [1.54, 1.807) is 6.07 Å². The van der Waals surface area contributed by atoms with Crippen molar-refractivity contribution in [3.8, 4) is 0 Å². The van der Waals surface area contributed by atoms with Gasteiger partial charge in [0.2, 0.25) is 0 Å². The summed E-state index contributed by atoms with van der Waals surface area (Å²) in [5.74, 6) is -0.144. The first kappa shape index (κ1) is 14.5. The van der Waals surface area contributed by atoms with E-state index in [0.29, 0.717) is 5.41 Å². The monoisotopic (exact) mass is 340 g/mol. The zero-order chi connectivity index (χ0) is 14.0. The van der Waals surface area contributed by atoms with Crippen molar-refractivity contribution in [1.82, 2.24) is 10.2 Å². The van der Waals surface area contributed by atoms with Crippen LogP contribution in [-0.4, -0.2) is 31.1 Å². The molecule has 1 aromatic rings. The van der Waals surface area contributed by atoms with Crippen molar-refractivity contribution in [3.63, 3.8) is 0 Å². The van der Waals surface area contributed by atoms with Gasteiger partial charge in [0, 0.05) is 24.1 Å². The molecular weight excluding hydrogens is 319 g/mol. The molecule has 1 atom stereocenters. The van der Waals surface area contributed by atoms with Gasteiger partial charge in [0.1, 0.15) is 5.82 Å². The predicted molar refractivity (Wildman–Crippen MR) is 83.1 cm³/mol. The van der Waals surface area contributed by atoms with Gasteiger partial charge >= 0.3 is 0 Å². The molecule has 0 bridgehead atoms. The van der Waals surface area contributed by atoms with E-state index in [4.69, 9.17) is 0 Å². The van der Waals surface area contributed by atoms with Gasteiger partial charge in [0.05, 0.1) is 0 Å². The average Bonchev–Trinajstić information content (AvgIpc) is 2.44. The van der Waals surface area contributed by atoms with Gasteiger partial charge in [-0.25, -0.2) is 4.39 Å². The van der Waals surface area contributed by atoms with E-state index in [9.17, 15) is 4.39 Å². The van der Waals surface area contributed by atoms with Gasteiger partial charge in [-0.3, -0.25) is 4.90 Å². The van der Waals surface area contributed by atoms with Gasteiger partial charge in [-0.15, -0.1) is 0 Å². The maximum absolute atomic E-state index is 13.4. The molecule has 2 nitrogen and oxygen atoms in total. The summed E-state index contributed by atoms with van der Waals surface area (Å²) in [6.07, 6.45) is 5.22. The van der Waals surface area contributed by atoms with E-state index >= 15 is 0 Å². The number of benzene rings is 1. The second-order valence-electron chi connectivity index (χ2n) is 6.33. The molecular formula is C16H22BrFN2. The number of piperidine rings is 2. The molecule has 0 saturated carbocycles. The Morgan fingerprint density at radius 2 is 2.15 bits per heavy atom. The van der Waals surface area contributed by atoms with Crippen LogP contribution in [0, 0.1) is 11.2 Å². The fourth-order valence-electron chi connectivity index (χ4n) is 3.73. The molecule has 0 amide bonds. The van der Waals surface area contributed by atoms with Crippen molar-refractivity contribution in [2.45, 2.75) is 32.2 Å². The van der Waals surface area contributed by atoms with Crippen molar-refractivity contribution in [2.24, 2.45) is 5.41 Å². The van der Waals surface area contributed by atoms with E-state index in [0.717, 1.165) is 42.8 Å². The molecule has 1 N–H and O–H groups in total. The number of hydrogen-bond acceptors (Lipinski definition) is 2. The molecule has 0 radical (unpaired) electrons. The highest BCUT2D eigenvalue weighted by Crippen LogP contribution is 2.36. The van der Waals surface area contributed by atoms with Crippen LogP contribution in [0.4, 0.5) is 4.39 Å². The van der Waals surface area contributed by atoms with Crippen LogP contribution < -0.4 is 5.32 Å². The Kier molecular flexibility index (Phi) is 4.43. The van der Waals surface area contributed by atoms with Crippen LogP contribution in [0.5, 0.6) is 0 Å². The SMILES string of the molecule is Fc1ccc(Br)c(CN2CCCC3(CCCNC3)C2)c1. The lowest BCUT2D eigenvalue weighted by Gasteiger charge is -2.45. The first-order chi connectivity index (χ1) is 9.67. The van der Waals surface area contributed by atoms with Crippen LogP contribution in [0.3, 0.4) is 0 Å². The number of halogens is 2. The van der Waals surface area contributed by atoms with E-state index in [1.807, 2.05) is 6.07 Å². The molecule has 2 heterocycles. The molecule has 0 aromatic heterocycles. The van der Waals surface area contributed by atoms with Crippen molar-refractivity contribution in [3.05, 3.63) is 34.1 Å². The Morgan fingerprint density at radius 3 is 2.95 bits per heavy atom. The van der Waals surface area contributed by atoms with Gasteiger partial charge in [-0.1, -0.05) is 15.9 Å². The molecule has 2 fully saturated rings. The molecule has 1 spiro atoms. The zero-order valence-corrected chi connectivity index (χ0v) is 13.4. The standard InChI is InChI=1S/C16H22BrFN2/c17-15-4-3-14(18)9-13(15)10-20-8-2-6-16(12-20)5-1-7-19-11-16/h3-4,9,19H,1-2,5-8,10-12H2. The van der Waals surface area contributed by atoms with E-state index < -0.39 is 0 Å². The molecule has 1 unspecified atom stereocenters. The lowest BCUT2D eigenvalue weighted by atomic mass is 9.74. The molecule has 1 aromatic carbocycles. The number of nitrogens with one attached hydrogen (secondary N) is 1. The number of rotatable bonds is 2. The Bertz CT molecular complexity index is 466. The molecule has 110 valence electrons. The second-order valence-corrected chi connectivity index (χ2v) is 7.18. The smallest absolute Gasteiger partial charge is 0.123 e. The molecule has 2 aliphatic heterocycles. The van der Waals surface area contributed by atoms with Gasteiger partial charge in [0.25, 0.3) is 0 Å². The number of hydrogen-bond donors (Lipinski definition) is 1. The largest absolute Gasteiger partial charge is 0.316 e. The number of likely N-dealkylation sites (tertiary alicyclic amines) is 1. The maximum Gasteiger partial charge on any atom is 0.123 e. The maximum atomic E-state index is 13.4. The lowest BCUT2D eigenvalue weighted by Crippen LogP contribution is -2.50. The van der Waals surface area contributed by atoms with Crippen LogP contribution >= 0.6 is 15.9 Å². The molecule has 2 aliphatic rings. The highest BCUT2D eigenvalue weighted by Gasteiger charge is 2.36. The van der Waals surface area contributed by atoms with Gasteiger partial charge in [0.15, 0.2) is 0 Å². The first-order valence-corrected chi connectivity index (χ1v) is 8.33. The van der Waals surface area contributed by atoms with Crippen LogP contribution in [0.1, 0.15) is 31.2 Å². The quantitative estimate of drug-likeness (QED) is 0.885. The van der Waals surface area contributed by atoms with Crippen LogP contribution in [-0.2, 0) is 6.54 Å². The van der Waals surface area contributed by atoms with Crippen molar-refractivity contribution in [2.75, 3.05) is 26.2 Å². The summed E-state index contributed by atoms with van der Waals surface area (Å²) in [5.41, 5.74) is 1.52. The molecule has 2 saturated heterocycles. The van der Waals surface area contributed by atoms with E-state index in [1.165, 1.54) is 31.7 Å². The molecule has 0 aliphatic carbocycles.